The van der Waals surface area contributed by atoms with Crippen molar-refractivity contribution in [1.29, 1.82) is 0 Å². The van der Waals surface area contributed by atoms with E-state index in [2.05, 4.69) is 5.32 Å². The van der Waals surface area contributed by atoms with E-state index in [9.17, 15) is 18.0 Å². The van der Waals surface area contributed by atoms with E-state index in [1.807, 2.05) is 0 Å². The fourth-order valence-electron chi connectivity index (χ4n) is 2.40. The first-order valence-corrected chi connectivity index (χ1v) is 6.76. The van der Waals surface area contributed by atoms with Gasteiger partial charge < -0.3 is 11.1 Å². The molecule has 0 heterocycles. The van der Waals surface area contributed by atoms with Gasteiger partial charge in [0.25, 0.3) is 0 Å². The van der Waals surface area contributed by atoms with Crippen molar-refractivity contribution in [2.24, 2.45) is 17.6 Å². The molecule has 7 heteroatoms. The Balaban J connectivity index is 2.39. The van der Waals surface area contributed by atoms with Gasteiger partial charge in [-0.15, -0.1) is 0 Å². The highest BCUT2D eigenvalue weighted by atomic mass is 32.1. The molecule has 0 radical (unpaired) electrons. The molecule has 19 heavy (non-hydrogen) atoms. The summed E-state index contributed by atoms with van der Waals surface area (Å²) in [6.07, 6.45) is -3.10. The van der Waals surface area contributed by atoms with Crippen LogP contribution < -0.4 is 11.1 Å². The minimum Gasteiger partial charge on any atom is -0.393 e. The molecule has 1 unspecified atom stereocenters. The van der Waals surface area contributed by atoms with Gasteiger partial charge in [-0.05, 0) is 32.6 Å². The molecular weight excluding hydrogens is 277 g/mol. The minimum atomic E-state index is -4.14. The van der Waals surface area contributed by atoms with Gasteiger partial charge in [0.2, 0.25) is 5.91 Å². The zero-order valence-corrected chi connectivity index (χ0v) is 11.6. The molecule has 3 nitrogen and oxygen atoms in total. The highest BCUT2D eigenvalue weighted by Gasteiger charge is 2.42. The van der Waals surface area contributed by atoms with Gasteiger partial charge in [0.05, 0.1) is 10.9 Å². The first-order chi connectivity index (χ1) is 8.70. The average Bonchev–Trinajstić information content (AvgIpc) is 2.26. The fourth-order valence-corrected chi connectivity index (χ4v) is 2.65. The first-order valence-electron chi connectivity index (χ1n) is 6.35. The Morgan fingerprint density at radius 2 is 1.89 bits per heavy atom. The minimum absolute atomic E-state index is 0.0330. The Bertz CT molecular complexity index is 338. The van der Waals surface area contributed by atoms with E-state index in [0.29, 0.717) is 11.4 Å². The van der Waals surface area contributed by atoms with Crippen LogP contribution in [0.25, 0.3) is 0 Å². The fraction of sp³-hybridized carbons (Fsp3) is 0.833. The summed E-state index contributed by atoms with van der Waals surface area (Å²) in [6, 6.07) is -0.176. The molecule has 0 spiro atoms. The Morgan fingerprint density at radius 3 is 2.32 bits per heavy atom. The van der Waals surface area contributed by atoms with Crippen LogP contribution in [-0.2, 0) is 4.79 Å². The van der Waals surface area contributed by atoms with Crippen molar-refractivity contribution >= 4 is 23.1 Å². The number of thiocarbonyl (C=S) groups is 1. The second-order valence-electron chi connectivity index (χ2n) is 5.17. The molecule has 0 bridgehead atoms. The van der Waals surface area contributed by atoms with E-state index < -0.39 is 12.1 Å². The molecule has 0 saturated heterocycles. The second kappa shape index (κ2) is 6.54. The number of hydrogen-bond donors (Lipinski definition) is 2. The Labute approximate surface area is 116 Å². The third kappa shape index (κ3) is 5.34. The van der Waals surface area contributed by atoms with Gasteiger partial charge in [0.1, 0.15) is 0 Å². The summed E-state index contributed by atoms with van der Waals surface area (Å²) in [7, 11) is 0. The van der Waals surface area contributed by atoms with Crippen LogP contribution in [-0.4, -0.2) is 23.1 Å². The van der Waals surface area contributed by atoms with Crippen LogP contribution in [0.3, 0.4) is 0 Å². The van der Waals surface area contributed by atoms with Gasteiger partial charge in [0.15, 0.2) is 0 Å². The summed E-state index contributed by atoms with van der Waals surface area (Å²) in [6.45, 7) is 1.78. The molecule has 1 fully saturated rings. The molecule has 1 amide bonds. The molecule has 0 aromatic carbocycles. The van der Waals surface area contributed by atoms with Crippen molar-refractivity contribution in [1.82, 2.24) is 5.32 Å². The zero-order valence-electron chi connectivity index (χ0n) is 10.8. The van der Waals surface area contributed by atoms with Crippen molar-refractivity contribution in [3.05, 3.63) is 0 Å². The lowest BCUT2D eigenvalue weighted by Crippen LogP contribution is -2.41. The maximum atomic E-state index is 12.5. The lowest BCUT2D eigenvalue weighted by Gasteiger charge is -2.29. The third-order valence-electron chi connectivity index (χ3n) is 3.46. The van der Waals surface area contributed by atoms with Crippen LogP contribution in [0.1, 0.15) is 39.0 Å². The largest absolute Gasteiger partial charge is 0.393 e. The molecule has 1 atom stereocenters. The van der Waals surface area contributed by atoms with Crippen LogP contribution in [0.2, 0.25) is 0 Å². The molecule has 1 rings (SSSR count). The van der Waals surface area contributed by atoms with E-state index in [1.165, 1.54) is 0 Å². The molecule has 1 aliphatic rings. The number of nitrogens with two attached hydrogens (primary N) is 1. The van der Waals surface area contributed by atoms with Crippen LogP contribution >= 0.6 is 12.2 Å². The van der Waals surface area contributed by atoms with Gasteiger partial charge in [-0.25, -0.2) is 0 Å². The lowest BCUT2D eigenvalue weighted by atomic mass is 9.81. The summed E-state index contributed by atoms with van der Waals surface area (Å²) in [4.78, 5) is 12.2. The van der Waals surface area contributed by atoms with Gasteiger partial charge in [0, 0.05) is 18.4 Å². The zero-order chi connectivity index (χ0) is 14.6. The average molecular weight is 296 g/mol. The Kier molecular flexibility index (Phi) is 5.58. The molecular formula is C12H19F3N2OS. The predicted octanol–water partition coefficient (Wildman–Crippen LogP) is 2.54. The molecule has 0 aromatic rings. The van der Waals surface area contributed by atoms with E-state index >= 15 is 0 Å². The molecule has 110 valence electrons. The van der Waals surface area contributed by atoms with Crippen molar-refractivity contribution < 1.29 is 18.0 Å². The van der Waals surface area contributed by atoms with Crippen LogP contribution in [0.15, 0.2) is 0 Å². The van der Waals surface area contributed by atoms with Crippen molar-refractivity contribution in [2.75, 3.05) is 0 Å². The molecule has 1 saturated carbocycles. The summed E-state index contributed by atoms with van der Waals surface area (Å²) >= 11 is 4.74. The quantitative estimate of drug-likeness (QED) is 0.784. The number of hydrogen-bond acceptors (Lipinski definition) is 2. The highest BCUT2D eigenvalue weighted by Crippen LogP contribution is 2.39. The first kappa shape index (κ1) is 16.2. The normalized spacial score (nSPS) is 25.7. The summed E-state index contributed by atoms with van der Waals surface area (Å²) in [5, 5.41) is 2.75. The highest BCUT2D eigenvalue weighted by molar-refractivity contribution is 7.80. The summed E-state index contributed by atoms with van der Waals surface area (Å²) in [5.41, 5.74) is 5.37. The maximum absolute atomic E-state index is 12.5. The second-order valence-corrected chi connectivity index (χ2v) is 5.69. The summed E-state index contributed by atoms with van der Waals surface area (Å²) in [5.74, 6) is -1.78. The van der Waals surface area contributed by atoms with Crippen LogP contribution in [0.5, 0.6) is 0 Å². The molecule has 0 aromatic heterocycles. The lowest BCUT2D eigenvalue weighted by molar-refractivity contribution is -0.184. The smallest absolute Gasteiger partial charge is 0.391 e. The predicted molar refractivity (Wildman–Crippen MR) is 70.5 cm³/mol. The number of alkyl halides is 3. The number of rotatable bonds is 4. The number of amides is 1. The van der Waals surface area contributed by atoms with E-state index in [4.69, 9.17) is 18.0 Å². The van der Waals surface area contributed by atoms with Gasteiger partial charge >= 0.3 is 6.18 Å². The van der Waals surface area contributed by atoms with Crippen molar-refractivity contribution in [2.45, 2.75) is 51.2 Å². The number of nitrogens with one attached hydrogen (secondary N) is 1. The molecule has 3 N–H and O–H groups in total. The Morgan fingerprint density at radius 1 is 1.37 bits per heavy atom. The third-order valence-corrected chi connectivity index (χ3v) is 3.62. The van der Waals surface area contributed by atoms with Gasteiger partial charge in [-0.3, -0.25) is 4.79 Å². The van der Waals surface area contributed by atoms with Crippen molar-refractivity contribution in [3.63, 3.8) is 0 Å². The SMILES string of the molecule is CC(CC(N)=S)NC(=O)C1CCC(C(F)(F)F)CC1. The summed E-state index contributed by atoms with van der Waals surface area (Å²) < 4.78 is 37.5. The van der Waals surface area contributed by atoms with Crippen molar-refractivity contribution in [3.8, 4) is 0 Å². The standard InChI is InChI=1S/C12H19F3N2OS/c1-7(6-10(16)19)17-11(18)8-2-4-9(5-3-8)12(13,14)15/h7-9H,2-6H2,1H3,(H2,16,19)(H,17,18). The Hall–Kier alpha value is -0.850. The monoisotopic (exact) mass is 296 g/mol. The number of halogens is 3. The van der Waals surface area contributed by atoms with E-state index in [0.717, 1.165) is 0 Å². The van der Waals surface area contributed by atoms with Crippen LogP contribution in [0.4, 0.5) is 13.2 Å². The van der Waals surface area contributed by atoms with Gasteiger partial charge in [-0.2, -0.15) is 13.2 Å². The number of carbonyl (C=O) groups excluding carboxylic acids is 1. The van der Waals surface area contributed by atoms with Crippen LogP contribution in [0, 0.1) is 11.8 Å². The number of carbonyl (C=O) groups is 1. The molecule has 0 aliphatic heterocycles. The topological polar surface area (TPSA) is 55.1 Å². The van der Waals surface area contributed by atoms with E-state index in [-0.39, 0.29) is 43.6 Å². The molecule has 1 aliphatic carbocycles. The maximum Gasteiger partial charge on any atom is 0.391 e. The van der Waals surface area contributed by atoms with Gasteiger partial charge in [-0.1, -0.05) is 12.2 Å². The van der Waals surface area contributed by atoms with E-state index in [1.54, 1.807) is 6.92 Å².